The SMILES string of the molecule is COc1ccc(C2CCCN2CC(=O)NCc2ccc(C)c(F)c2)cc1OC. The summed E-state index contributed by atoms with van der Waals surface area (Å²) in [4.78, 5) is 14.6. The van der Waals surface area contributed by atoms with Gasteiger partial charge in [-0.05, 0) is 61.2 Å². The van der Waals surface area contributed by atoms with Crippen LogP contribution >= 0.6 is 0 Å². The molecule has 1 fully saturated rings. The lowest BCUT2D eigenvalue weighted by Gasteiger charge is -2.25. The Hall–Kier alpha value is -2.60. The number of carbonyl (C=O) groups is 1. The predicted octanol–water partition coefficient (Wildman–Crippen LogP) is 3.60. The largest absolute Gasteiger partial charge is 0.493 e. The molecule has 1 aliphatic rings. The quantitative estimate of drug-likeness (QED) is 0.790. The Bertz CT molecular complexity index is 841. The molecule has 0 radical (unpaired) electrons. The van der Waals surface area contributed by atoms with Crippen LogP contribution in [-0.2, 0) is 11.3 Å². The third-order valence-electron chi connectivity index (χ3n) is 5.23. The minimum atomic E-state index is -0.250. The van der Waals surface area contributed by atoms with Crippen LogP contribution in [0.4, 0.5) is 4.39 Å². The van der Waals surface area contributed by atoms with E-state index in [2.05, 4.69) is 10.2 Å². The molecule has 1 saturated heterocycles. The minimum absolute atomic E-state index is 0.0617. The summed E-state index contributed by atoms with van der Waals surface area (Å²) in [7, 11) is 3.24. The molecule has 0 aromatic heterocycles. The number of nitrogens with one attached hydrogen (secondary N) is 1. The molecule has 2 aromatic carbocycles. The Balaban J connectivity index is 1.61. The van der Waals surface area contributed by atoms with Crippen molar-refractivity contribution < 1.29 is 18.7 Å². The molecule has 150 valence electrons. The fraction of sp³-hybridized carbons (Fsp3) is 0.409. The summed E-state index contributed by atoms with van der Waals surface area (Å²) in [6.07, 6.45) is 2.03. The van der Waals surface area contributed by atoms with E-state index in [9.17, 15) is 9.18 Å². The van der Waals surface area contributed by atoms with Crippen LogP contribution in [0.3, 0.4) is 0 Å². The Labute approximate surface area is 165 Å². The molecule has 5 nitrogen and oxygen atoms in total. The maximum absolute atomic E-state index is 13.6. The first-order valence-electron chi connectivity index (χ1n) is 9.49. The molecular weight excluding hydrogens is 359 g/mol. The molecule has 0 aliphatic carbocycles. The molecule has 28 heavy (non-hydrogen) atoms. The van der Waals surface area contributed by atoms with Crippen molar-refractivity contribution in [3.05, 3.63) is 58.9 Å². The van der Waals surface area contributed by atoms with Gasteiger partial charge in [0.2, 0.25) is 5.91 Å². The lowest BCUT2D eigenvalue weighted by Crippen LogP contribution is -2.36. The lowest BCUT2D eigenvalue weighted by molar-refractivity contribution is -0.122. The zero-order chi connectivity index (χ0) is 20.1. The van der Waals surface area contributed by atoms with Gasteiger partial charge in [-0.25, -0.2) is 4.39 Å². The molecule has 1 N–H and O–H groups in total. The molecule has 3 rings (SSSR count). The maximum atomic E-state index is 13.6. The summed E-state index contributed by atoms with van der Waals surface area (Å²) in [6.45, 7) is 3.23. The highest BCUT2D eigenvalue weighted by Gasteiger charge is 2.28. The highest BCUT2D eigenvalue weighted by atomic mass is 19.1. The first-order chi connectivity index (χ1) is 13.5. The lowest BCUT2D eigenvalue weighted by atomic mass is 10.0. The number of aryl methyl sites for hydroxylation is 1. The highest BCUT2D eigenvalue weighted by Crippen LogP contribution is 2.36. The van der Waals surface area contributed by atoms with Gasteiger partial charge in [0, 0.05) is 12.6 Å². The van der Waals surface area contributed by atoms with Gasteiger partial charge in [-0.2, -0.15) is 0 Å². The van der Waals surface area contributed by atoms with Crippen LogP contribution in [0, 0.1) is 12.7 Å². The van der Waals surface area contributed by atoms with E-state index in [4.69, 9.17) is 9.47 Å². The predicted molar refractivity (Wildman–Crippen MR) is 106 cm³/mol. The molecule has 1 unspecified atom stereocenters. The molecular formula is C22H27FN2O3. The Morgan fingerprint density at radius 2 is 1.96 bits per heavy atom. The molecule has 6 heteroatoms. The molecule has 0 bridgehead atoms. The topological polar surface area (TPSA) is 50.8 Å². The van der Waals surface area contributed by atoms with Crippen LogP contribution in [0.2, 0.25) is 0 Å². The Morgan fingerprint density at radius 3 is 2.68 bits per heavy atom. The van der Waals surface area contributed by atoms with Gasteiger partial charge in [0.1, 0.15) is 5.82 Å². The number of carbonyl (C=O) groups excluding carboxylic acids is 1. The zero-order valence-electron chi connectivity index (χ0n) is 16.6. The van der Waals surface area contributed by atoms with E-state index in [1.807, 2.05) is 24.3 Å². The molecule has 0 spiro atoms. The van der Waals surface area contributed by atoms with E-state index in [1.54, 1.807) is 27.2 Å². The highest BCUT2D eigenvalue weighted by molar-refractivity contribution is 5.78. The van der Waals surface area contributed by atoms with Crippen molar-refractivity contribution in [2.75, 3.05) is 27.3 Å². The molecule has 2 aromatic rings. The summed E-state index contributed by atoms with van der Waals surface area (Å²) in [5.74, 6) is 1.07. The summed E-state index contributed by atoms with van der Waals surface area (Å²) in [5, 5.41) is 2.89. The number of rotatable bonds is 7. The summed E-state index contributed by atoms with van der Waals surface area (Å²) >= 11 is 0. The fourth-order valence-corrected chi connectivity index (χ4v) is 3.64. The molecule has 0 saturated carbocycles. The number of benzene rings is 2. The second kappa shape index (κ2) is 9.06. The first kappa shape index (κ1) is 20.1. The van der Waals surface area contributed by atoms with Crippen LogP contribution in [0.5, 0.6) is 11.5 Å². The normalized spacial score (nSPS) is 16.8. The van der Waals surface area contributed by atoms with Gasteiger partial charge in [0.05, 0.1) is 20.8 Å². The average Bonchev–Trinajstić information content (AvgIpc) is 3.16. The Kier molecular flexibility index (Phi) is 6.52. The number of likely N-dealkylation sites (tertiary alicyclic amines) is 1. The molecule has 1 heterocycles. The molecule has 1 amide bonds. The van der Waals surface area contributed by atoms with Crippen molar-refractivity contribution in [3.63, 3.8) is 0 Å². The third-order valence-corrected chi connectivity index (χ3v) is 5.23. The summed E-state index contributed by atoms with van der Waals surface area (Å²) < 4.78 is 24.4. The van der Waals surface area contributed by atoms with E-state index in [0.29, 0.717) is 30.2 Å². The van der Waals surface area contributed by atoms with Gasteiger partial charge < -0.3 is 14.8 Å². The summed E-state index contributed by atoms with van der Waals surface area (Å²) in [5.41, 5.74) is 2.47. The van der Waals surface area contributed by atoms with E-state index >= 15 is 0 Å². The van der Waals surface area contributed by atoms with Gasteiger partial charge in [-0.1, -0.05) is 18.2 Å². The van der Waals surface area contributed by atoms with Crippen LogP contribution < -0.4 is 14.8 Å². The van der Waals surface area contributed by atoms with E-state index < -0.39 is 0 Å². The minimum Gasteiger partial charge on any atom is -0.493 e. The van der Waals surface area contributed by atoms with Crippen LogP contribution in [-0.4, -0.2) is 38.1 Å². The number of methoxy groups -OCH3 is 2. The smallest absolute Gasteiger partial charge is 0.234 e. The van der Waals surface area contributed by atoms with Crippen molar-refractivity contribution in [2.24, 2.45) is 0 Å². The van der Waals surface area contributed by atoms with Gasteiger partial charge in [0.25, 0.3) is 0 Å². The maximum Gasteiger partial charge on any atom is 0.234 e. The average molecular weight is 386 g/mol. The van der Waals surface area contributed by atoms with Crippen LogP contribution in [0.25, 0.3) is 0 Å². The van der Waals surface area contributed by atoms with E-state index in [-0.39, 0.29) is 17.8 Å². The van der Waals surface area contributed by atoms with Crippen molar-refractivity contribution in [1.29, 1.82) is 0 Å². The van der Waals surface area contributed by atoms with E-state index in [0.717, 1.165) is 30.5 Å². The number of hydrogen-bond acceptors (Lipinski definition) is 4. The standard InChI is InChI=1S/C22H27FN2O3/c1-15-6-7-16(11-18(15)23)13-24-22(26)14-25-10-4-5-19(25)17-8-9-20(27-2)21(12-17)28-3/h6-9,11-12,19H,4-5,10,13-14H2,1-3H3,(H,24,26). The molecule has 1 atom stereocenters. The number of ether oxygens (including phenoxy) is 2. The van der Waals surface area contributed by atoms with Crippen LogP contribution in [0.15, 0.2) is 36.4 Å². The van der Waals surface area contributed by atoms with E-state index in [1.165, 1.54) is 6.07 Å². The number of halogens is 1. The number of hydrogen-bond donors (Lipinski definition) is 1. The van der Waals surface area contributed by atoms with Crippen molar-refractivity contribution in [3.8, 4) is 11.5 Å². The monoisotopic (exact) mass is 386 g/mol. The summed E-state index contributed by atoms with van der Waals surface area (Å²) in [6, 6.07) is 11.1. The second-order valence-corrected chi connectivity index (χ2v) is 7.10. The van der Waals surface area contributed by atoms with Crippen molar-refractivity contribution in [1.82, 2.24) is 10.2 Å². The fourth-order valence-electron chi connectivity index (χ4n) is 3.64. The second-order valence-electron chi connectivity index (χ2n) is 7.10. The van der Waals surface area contributed by atoms with Crippen molar-refractivity contribution in [2.45, 2.75) is 32.4 Å². The van der Waals surface area contributed by atoms with Gasteiger partial charge in [0.15, 0.2) is 11.5 Å². The van der Waals surface area contributed by atoms with Gasteiger partial charge in [-0.15, -0.1) is 0 Å². The first-order valence-corrected chi connectivity index (χ1v) is 9.49. The molecule has 1 aliphatic heterocycles. The third kappa shape index (κ3) is 4.62. The van der Waals surface area contributed by atoms with Gasteiger partial charge in [-0.3, -0.25) is 9.69 Å². The number of nitrogens with zero attached hydrogens (tertiary/aromatic N) is 1. The van der Waals surface area contributed by atoms with Crippen LogP contribution in [0.1, 0.15) is 35.6 Å². The number of amides is 1. The Morgan fingerprint density at radius 1 is 1.18 bits per heavy atom. The van der Waals surface area contributed by atoms with Gasteiger partial charge >= 0.3 is 0 Å². The van der Waals surface area contributed by atoms with Crippen molar-refractivity contribution >= 4 is 5.91 Å². The zero-order valence-corrected chi connectivity index (χ0v) is 16.6.